The van der Waals surface area contributed by atoms with Crippen LogP contribution in [0.25, 0.3) is 0 Å². The first-order chi connectivity index (χ1) is 12.3. The van der Waals surface area contributed by atoms with E-state index < -0.39 is 23.8 Å². The van der Waals surface area contributed by atoms with Gasteiger partial charge in [0.2, 0.25) is 0 Å². The quantitative estimate of drug-likeness (QED) is 0.691. The Morgan fingerprint density at radius 2 is 2.00 bits per heavy atom. The van der Waals surface area contributed by atoms with E-state index >= 15 is 0 Å². The van der Waals surface area contributed by atoms with Crippen LogP contribution in [-0.2, 0) is 24.1 Å². The molecular weight excluding hydrogens is 367 g/mol. The normalized spacial score (nSPS) is 12.9. The largest absolute Gasteiger partial charge is 0.480 e. The van der Waals surface area contributed by atoms with Crippen LogP contribution in [0.15, 0.2) is 36.7 Å². The summed E-state index contributed by atoms with van der Waals surface area (Å²) in [5.74, 6) is -0.145. The standard InChI is InChI=1S/C17H20F3N3O2S/c1-26-7-6-15(16(24)25)21-8-13-9-22-23(11-13)10-12-2-4-14(5-3-12)17(18,19)20/h2-5,9,11,15,21H,6-8,10H2,1H3,(H,24,25). The maximum atomic E-state index is 12.6. The molecule has 1 unspecified atom stereocenters. The van der Waals surface area contributed by atoms with Crippen LogP contribution < -0.4 is 5.32 Å². The third kappa shape index (κ3) is 6.06. The van der Waals surface area contributed by atoms with Gasteiger partial charge in [0.1, 0.15) is 6.04 Å². The topological polar surface area (TPSA) is 67.2 Å². The predicted molar refractivity (Wildman–Crippen MR) is 94.0 cm³/mol. The number of alkyl halides is 3. The molecule has 0 amide bonds. The number of carboxylic acids is 1. The van der Waals surface area contributed by atoms with Crippen molar-refractivity contribution < 1.29 is 23.1 Å². The fraction of sp³-hybridized carbons (Fsp3) is 0.412. The fourth-order valence-electron chi connectivity index (χ4n) is 2.36. The van der Waals surface area contributed by atoms with Gasteiger partial charge < -0.3 is 10.4 Å². The smallest absolute Gasteiger partial charge is 0.416 e. The molecule has 1 aromatic carbocycles. The highest BCUT2D eigenvalue weighted by molar-refractivity contribution is 7.98. The molecule has 0 saturated heterocycles. The Morgan fingerprint density at radius 3 is 2.58 bits per heavy atom. The zero-order valence-corrected chi connectivity index (χ0v) is 15.0. The molecule has 142 valence electrons. The number of aromatic nitrogens is 2. The summed E-state index contributed by atoms with van der Waals surface area (Å²) in [6.07, 6.45) is 1.46. The molecule has 0 bridgehead atoms. The molecule has 2 rings (SSSR count). The first-order valence-corrected chi connectivity index (χ1v) is 9.31. The second-order valence-electron chi connectivity index (χ2n) is 5.79. The van der Waals surface area contributed by atoms with Crippen molar-refractivity contribution in [3.63, 3.8) is 0 Å². The Kier molecular flexibility index (Phi) is 7.10. The third-order valence-corrected chi connectivity index (χ3v) is 4.42. The molecule has 26 heavy (non-hydrogen) atoms. The van der Waals surface area contributed by atoms with Gasteiger partial charge in [-0.2, -0.15) is 30.0 Å². The van der Waals surface area contributed by atoms with Gasteiger partial charge in [-0.25, -0.2) is 0 Å². The van der Waals surface area contributed by atoms with E-state index in [0.717, 1.165) is 23.4 Å². The van der Waals surface area contributed by atoms with Crippen LogP contribution in [-0.4, -0.2) is 38.9 Å². The summed E-state index contributed by atoms with van der Waals surface area (Å²) in [7, 11) is 0. The number of nitrogens with one attached hydrogen (secondary N) is 1. The third-order valence-electron chi connectivity index (χ3n) is 3.77. The number of thioether (sulfide) groups is 1. The SMILES string of the molecule is CSCCC(NCc1cnn(Cc2ccc(C(F)(F)F)cc2)c1)C(=O)O. The molecule has 0 aliphatic rings. The molecule has 0 fully saturated rings. The lowest BCUT2D eigenvalue weighted by molar-refractivity contribution is -0.139. The average Bonchev–Trinajstić information content (AvgIpc) is 3.01. The summed E-state index contributed by atoms with van der Waals surface area (Å²) < 4.78 is 39.3. The molecular formula is C17H20F3N3O2S. The van der Waals surface area contributed by atoms with E-state index in [9.17, 15) is 23.1 Å². The van der Waals surface area contributed by atoms with Crippen molar-refractivity contribution in [3.8, 4) is 0 Å². The summed E-state index contributed by atoms with van der Waals surface area (Å²) in [5, 5.41) is 16.3. The van der Waals surface area contributed by atoms with Crippen molar-refractivity contribution in [2.24, 2.45) is 0 Å². The van der Waals surface area contributed by atoms with E-state index in [4.69, 9.17) is 0 Å². The second kappa shape index (κ2) is 9.09. The number of nitrogens with zero attached hydrogens (tertiary/aromatic N) is 2. The lowest BCUT2D eigenvalue weighted by Crippen LogP contribution is -2.36. The van der Waals surface area contributed by atoms with E-state index in [-0.39, 0.29) is 0 Å². The van der Waals surface area contributed by atoms with Crippen LogP contribution in [0.4, 0.5) is 13.2 Å². The highest BCUT2D eigenvalue weighted by atomic mass is 32.2. The van der Waals surface area contributed by atoms with Crippen LogP contribution in [0, 0.1) is 0 Å². The molecule has 5 nitrogen and oxygen atoms in total. The highest BCUT2D eigenvalue weighted by Crippen LogP contribution is 2.29. The molecule has 1 heterocycles. The van der Waals surface area contributed by atoms with E-state index in [1.54, 1.807) is 28.8 Å². The minimum absolute atomic E-state index is 0.340. The van der Waals surface area contributed by atoms with Gasteiger partial charge in [0, 0.05) is 18.3 Å². The number of aliphatic carboxylic acids is 1. The number of hydrogen-bond acceptors (Lipinski definition) is 4. The van der Waals surface area contributed by atoms with Crippen molar-refractivity contribution in [3.05, 3.63) is 53.3 Å². The van der Waals surface area contributed by atoms with Crippen molar-refractivity contribution in [2.45, 2.75) is 31.7 Å². The van der Waals surface area contributed by atoms with E-state index in [2.05, 4.69) is 10.4 Å². The van der Waals surface area contributed by atoms with Gasteiger partial charge in [-0.15, -0.1) is 0 Å². The maximum Gasteiger partial charge on any atom is 0.416 e. The van der Waals surface area contributed by atoms with Crippen molar-refractivity contribution in [1.82, 2.24) is 15.1 Å². The molecule has 0 spiro atoms. The number of carbonyl (C=O) groups is 1. The summed E-state index contributed by atoms with van der Waals surface area (Å²) in [6, 6.07) is 4.31. The monoisotopic (exact) mass is 387 g/mol. The molecule has 0 aliphatic carbocycles. The van der Waals surface area contributed by atoms with Gasteiger partial charge >= 0.3 is 12.1 Å². The Balaban J connectivity index is 1.92. The van der Waals surface area contributed by atoms with E-state index in [1.807, 2.05) is 6.26 Å². The van der Waals surface area contributed by atoms with Crippen LogP contribution in [0.1, 0.15) is 23.1 Å². The lowest BCUT2D eigenvalue weighted by Gasteiger charge is -2.12. The van der Waals surface area contributed by atoms with Gasteiger partial charge in [-0.05, 0) is 36.1 Å². The van der Waals surface area contributed by atoms with Crippen molar-refractivity contribution >= 4 is 17.7 Å². The lowest BCUT2D eigenvalue weighted by atomic mass is 10.1. The summed E-state index contributed by atoms with van der Waals surface area (Å²) >= 11 is 1.59. The first-order valence-electron chi connectivity index (χ1n) is 7.92. The summed E-state index contributed by atoms with van der Waals surface area (Å²) in [5.41, 5.74) is 0.827. The van der Waals surface area contributed by atoms with Gasteiger partial charge in [-0.1, -0.05) is 12.1 Å². The number of hydrogen-bond donors (Lipinski definition) is 2. The molecule has 0 aliphatic heterocycles. The molecule has 1 aromatic heterocycles. The fourth-order valence-corrected chi connectivity index (χ4v) is 2.83. The van der Waals surface area contributed by atoms with Crippen LogP contribution in [0.5, 0.6) is 0 Å². The van der Waals surface area contributed by atoms with Crippen LogP contribution >= 0.6 is 11.8 Å². The molecule has 1 atom stereocenters. The zero-order chi connectivity index (χ0) is 19.2. The van der Waals surface area contributed by atoms with Crippen molar-refractivity contribution in [1.29, 1.82) is 0 Å². The highest BCUT2D eigenvalue weighted by Gasteiger charge is 2.29. The molecule has 9 heteroatoms. The van der Waals surface area contributed by atoms with Crippen molar-refractivity contribution in [2.75, 3.05) is 12.0 Å². The first kappa shape index (κ1) is 20.3. The molecule has 0 saturated carbocycles. The Hall–Kier alpha value is -2.00. The number of rotatable bonds is 9. The van der Waals surface area contributed by atoms with Gasteiger partial charge in [0.25, 0.3) is 0 Å². The number of carboxylic acid groups (broad SMARTS) is 1. The predicted octanol–water partition coefficient (Wildman–Crippen LogP) is 3.25. The van der Waals surface area contributed by atoms with E-state index in [0.29, 0.717) is 25.1 Å². The van der Waals surface area contributed by atoms with Gasteiger partial charge in [0.15, 0.2) is 0 Å². The molecule has 2 aromatic rings. The Labute approximate surface area is 153 Å². The van der Waals surface area contributed by atoms with Crippen LogP contribution in [0.2, 0.25) is 0 Å². The average molecular weight is 387 g/mol. The minimum Gasteiger partial charge on any atom is -0.480 e. The summed E-state index contributed by atoms with van der Waals surface area (Å²) in [4.78, 5) is 11.2. The minimum atomic E-state index is -4.35. The maximum absolute atomic E-state index is 12.6. The Morgan fingerprint density at radius 1 is 1.31 bits per heavy atom. The Bertz CT molecular complexity index is 717. The number of halogens is 3. The number of benzene rings is 1. The van der Waals surface area contributed by atoms with Crippen LogP contribution in [0.3, 0.4) is 0 Å². The second-order valence-corrected chi connectivity index (χ2v) is 6.78. The molecule has 0 radical (unpaired) electrons. The summed E-state index contributed by atoms with van der Waals surface area (Å²) in [6.45, 7) is 0.700. The zero-order valence-electron chi connectivity index (χ0n) is 14.2. The van der Waals surface area contributed by atoms with Gasteiger partial charge in [-0.3, -0.25) is 9.48 Å². The van der Waals surface area contributed by atoms with E-state index in [1.165, 1.54) is 12.1 Å². The van der Waals surface area contributed by atoms with Gasteiger partial charge in [0.05, 0.1) is 18.3 Å². The molecule has 2 N–H and O–H groups in total.